The van der Waals surface area contributed by atoms with Gasteiger partial charge in [0.1, 0.15) is 12.4 Å². The molecule has 23 heavy (non-hydrogen) atoms. The number of aliphatic hydroxyl groups excluding tert-OH is 1. The van der Waals surface area contributed by atoms with Gasteiger partial charge in [-0.3, -0.25) is 4.79 Å². The Morgan fingerprint density at radius 2 is 1.74 bits per heavy atom. The Morgan fingerprint density at radius 3 is 2.43 bits per heavy atom. The van der Waals surface area contributed by atoms with Gasteiger partial charge in [-0.05, 0) is 36.6 Å². The van der Waals surface area contributed by atoms with Gasteiger partial charge in [0.25, 0.3) is 5.91 Å². The van der Waals surface area contributed by atoms with Crippen LogP contribution in [-0.4, -0.2) is 29.0 Å². The first-order valence-corrected chi connectivity index (χ1v) is 7.98. The van der Waals surface area contributed by atoms with Gasteiger partial charge < -0.3 is 14.7 Å². The van der Waals surface area contributed by atoms with E-state index in [0.29, 0.717) is 12.4 Å². The maximum atomic E-state index is 12.3. The van der Waals surface area contributed by atoms with Crippen LogP contribution in [0.4, 0.5) is 0 Å². The number of carbonyl (C=O) groups is 1. The van der Waals surface area contributed by atoms with Crippen molar-refractivity contribution in [2.75, 3.05) is 13.1 Å². The maximum Gasteiger partial charge on any atom is 0.253 e. The number of ether oxygens (including phenoxy) is 1. The van der Waals surface area contributed by atoms with Crippen molar-refractivity contribution in [3.63, 3.8) is 0 Å². The number of carbonyl (C=O) groups excluding carboxylic acids is 1. The van der Waals surface area contributed by atoms with Crippen LogP contribution in [0, 0.1) is 0 Å². The van der Waals surface area contributed by atoms with Crippen LogP contribution in [0.2, 0.25) is 0 Å². The van der Waals surface area contributed by atoms with E-state index in [0.717, 1.165) is 42.6 Å². The Morgan fingerprint density at radius 1 is 1.04 bits per heavy atom. The van der Waals surface area contributed by atoms with E-state index in [1.165, 1.54) is 0 Å². The molecular formula is C19H21NO3. The molecule has 2 aromatic carbocycles. The van der Waals surface area contributed by atoms with Gasteiger partial charge in [-0.1, -0.05) is 30.3 Å². The minimum Gasteiger partial charge on any atom is -0.489 e. The molecule has 0 bridgehead atoms. The highest BCUT2D eigenvalue weighted by Gasteiger charge is 2.19. The number of benzene rings is 2. The normalized spacial score (nSPS) is 14.0. The topological polar surface area (TPSA) is 49.8 Å². The second-order valence-corrected chi connectivity index (χ2v) is 5.75. The molecule has 0 atom stereocenters. The summed E-state index contributed by atoms with van der Waals surface area (Å²) in [4.78, 5) is 14.2. The lowest BCUT2D eigenvalue weighted by Crippen LogP contribution is -2.27. The summed E-state index contributed by atoms with van der Waals surface area (Å²) >= 11 is 0. The Hall–Kier alpha value is -2.33. The van der Waals surface area contributed by atoms with Gasteiger partial charge in [0, 0.05) is 24.2 Å². The minimum absolute atomic E-state index is 0.0422. The van der Waals surface area contributed by atoms with Gasteiger partial charge in [0.15, 0.2) is 0 Å². The van der Waals surface area contributed by atoms with Crippen LogP contribution >= 0.6 is 0 Å². The molecule has 0 saturated carbocycles. The summed E-state index contributed by atoms with van der Waals surface area (Å²) in [6.45, 7) is 2.10. The zero-order valence-electron chi connectivity index (χ0n) is 13.1. The molecule has 0 aliphatic carbocycles. The molecule has 1 aliphatic heterocycles. The predicted octanol–water partition coefficient (Wildman–Crippen LogP) is 2.99. The van der Waals surface area contributed by atoms with E-state index in [4.69, 9.17) is 4.74 Å². The average Bonchev–Trinajstić information content (AvgIpc) is 3.14. The Bertz CT molecular complexity index is 661. The lowest BCUT2D eigenvalue weighted by atomic mass is 10.1. The zero-order valence-corrected chi connectivity index (χ0v) is 13.1. The first kappa shape index (κ1) is 15.6. The summed E-state index contributed by atoms with van der Waals surface area (Å²) in [6.07, 6.45) is 2.20. The summed E-state index contributed by atoms with van der Waals surface area (Å²) in [7, 11) is 0. The largest absolute Gasteiger partial charge is 0.489 e. The maximum absolute atomic E-state index is 12.3. The van der Waals surface area contributed by atoms with E-state index in [1.807, 2.05) is 53.4 Å². The molecule has 4 nitrogen and oxygen atoms in total. The molecule has 3 rings (SSSR count). The molecule has 1 saturated heterocycles. The van der Waals surface area contributed by atoms with Crippen LogP contribution in [0.5, 0.6) is 5.75 Å². The van der Waals surface area contributed by atoms with Gasteiger partial charge in [0.2, 0.25) is 0 Å². The fraction of sp³-hybridized carbons (Fsp3) is 0.316. The molecule has 0 unspecified atom stereocenters. The van der Waals surface area contributed by atoms with E-state index in [1.54, 1.807) is 0 Å². The summed E-state index contributed by atoms with van der Waals surface area (Å²) in [6, 6.07) is 15.0. The highest BCUT2D eigenvalue weighted by molar-refractivity contribution is 5.94. The third kappa shape index (κ3) is 3.71. The van der Waals surface area contributed by atoms with Gasteiger partial charge in [-0.25, -0.2) is 0 Å². The van der Waals surface area contributed by atoms with Gasteiger partial charge >= 0.3 is 0 Å². The molecule has 1 amide bonds. The number of hydrogen-bond donors (Lipinski definition) is 1. The average molecular weight is 311 g/mol. The smallest absolute Gasteiger partial charge is 0.253 e. The lowest BCUT2D eigenvalue weighted by Gasteiger charge is -2.15. The summed E-state index contributed by atoms with van der Waals surface area (Å²) < 4.78 is 5.76. The second kappa shape index (κ2) is 7.29. The van der Waals surface area contributed by atoms with Crippen molar-refractivity contribution in [2.24, 2.45) is 0 Å². The molecule has 2 aromatic rings. The van der Waals surface area contributed by atoms with Crippen LogP contribution in [0.3, 0.4) is 0 Å². The van der Waals surface area contributed by atoms with Crippen LogP contribution in [0.1, 0.15) is 34.3 Å². The lowest BCUT2D eigenvalue weighted by molar-refractivity contribution is 0.0793. The Kier molecular flexibility index (Phi) is 4.93. The number of nitrogens with zero attached hydrogens (tertiary/aromatic N) is 1. The quantitative estimate of drug-likeness (QED) is 0.923. The molecule has 4 heteroatoms. The van der Waals surface area contributed by atoms with E-state index in [-0.39, 0.29) is 12.5 Å². The molecule has 0 spiro atoms. The number of amides is 1. The van der Waals surface area contributed by atoms with E-state index in [2.05, 4.69) is 0 Å². The van der Waals surface area contributed by atoms with Crippen molar-refractivity contribution in [2.45, 2.75) is 26.1 Å². The SMILES string of the molecule is O=C(c1ccc(COc2ccccc2CO)cc1)N1CCCC1. The summed E-state index contributed by atoms with van der Waals surface area (Å²) in [5.74, 6) is 0.799. The third-order valence-corrected chi connectivity index (χ3v) is 4.13. The molecule has 1 aliphatic rings. The highest BCUT2D eigenvalue weighted by Crippen LogP contribution is 2.20. The van der Waals surface area contributed by atoms with Crippen molar-refractivity contribution in [1.29, 1.82) is 0 Å². The van der Waals surface area contributed by atoms with E-state index >= 15 is 0 Å². The number of aliphatic hydroxyl groups is 1. The first-order valence-electron chi connectivity index (χ1n) is 7.98. The van der Waals surface area contributed by atoms with E-state index in [9.17, 15) is 9.90 Å². The molecule has 1 heterocycles. The molecule has 120 valence electrons. The summed E-state index contributed by atoms with van der Waals surface area (Å²) in [5, 5.41) is 9.29. The number of rotatable bonds is 5. The monoisotopic (exact) mass is 311 g/mol. The van der Waals surface area contributed by atoms with Crippen molar-refractivity contribution in [3.05, 3.63) is 65.2 Å². The van der Waals surface area contributed by atoms with Crippen molar-refractivity contribution < 1.29 is 14.6 Å². The Labute approximate surface area is 136 Å². The van der Waals surface area contributed by atoms with Crippen LogP contribution in [-0.2, 0) is 13.2 Å². The summed E-state index contributed by atoms with van der Waals surface area (Å²) in [5.41, 5.74) is 2.50. The van der Waals surface area contributed by atoms with Gasteiger partial charge in [0.05, 0.1) is 6.61 Å². The minimum atomic E-state index is -0.0422. The van der Waals surface area contributed by atoms with Gasteiger partial charge in [-0.15, -0.1) is 0 Å². The molecule has 1 N–H and O–H groups in total. The van der Waals surface area contributed by atoms with E-state index < -0.39 is 0 Å². The van der Waals surface area contributed by atoms with Crippen LogP contribution in [0.25, 0.3) is 0 Å². The molecule has 0 radical (unpaired) electrons. The van der Waals surface area contributed by atoms with Gasteiger partial charge in [-0.2, -0.15) is 0 Å². The molecule has 0 aromatic heterocycles. The third-order valence-electron chi connectivity index (χ3n) is 4.13. The zero-order chi connectivity index (χ0) is 16.1. The first-order chi connectivity index (χ1) is 11.3. The molecule has 1 fully saturated rings. The number of para-hydroxylation sites is 1. The van der Waals surface area contributed by atoms with Crippen LogP contribution in [0.15, 0.2) is 48.5 Å². The second-order valence-electron chi connectivity index (χ2n) is 5.75. The van der Waals surface area contributed by atoms with Crippen molar-refractivity contribution >= 4 is 5.91 Å². The fourth-order valence-corrected chi connectivity index (χ4v) is 2.78. The number of likely N-dealkylation sites (tertiary alicyclic amines) is 1. The fourth-order valence-electron chi connectivity index (χ4n) is 2.78. The predicted molar refractivity (Wildman–Crippen MR) is 88.3 cm³/mol. The standard InChI is InChI=1S/C19H21NO3/c21-13-17-5-1-2-6-18(17)23-14-15-7-9-16(10-8-15)19(22)20-11-3-4-12-20/h1-2,5-10,21H,3-4,11-14H2. The van der Waals surface area contributed by atoms with Crippen molar-refractivity contribution in [1.82, 2.24) is 4.90 Å². The van der Waals surface area contributed by atoms with Crippen LogP contribution < -0.4 is 4.74 Å². The Balaban J connectivity index is 1.62. The molecular weight excluding hydrogens is 290 g/mol. The van der Waals surface area contributed by atoms with Crippen molar-refractivity contribution in [3.8, 4) is 5.75 Å². The highest BCUT2D eigenvalue weighted by atomic mass is 16.5. The number of hydrogen-bond acceptors (Lipinski definition) is 3.